The van der Waals surface area contributed by atoms with Gasteiger partial charge in [0, 0.05) is 35.5 Å². The SMILES string of the molecule is O=C(NC1CC1)[C@H]1CN2CC[C@@H]1C[C@@H]2Cn1cc(CSc2ccccc2)nn1. The first-order valence-electron chi connectivity index (χ1n) is 10.4. The number of hydrogen-bond acceptors (Lipinski definition) is 5. The molecule has 4 aliphatic rings. The van der Waals surface area contributed by atoms with E-state index in [0.717, 1.165) is 56.8 Å². The monoisotopic (exact) mass is 397 g/mol. The van der Waals surface area contributed by atoms with Crippen LogP contribution in [-0.2, 0) is 17.1 Å². The molecule has 7 heteroatoms. The van der Waals surface area contributed by atoms with Crippen LogP contribution in [0.25, 0.3) is 0 Å². The van der Waals surface area contributed by atoms with Crippen molar-refractivity contribution in [3.05, 3.63) is 42.2 Å². The summed E-state index contributed by atoms with van der Waals surface area (Å²) in [6.07, 6.45) is 6.64. The topological polar surface area (TPSA) is 63.1 Å². The van der Waals surface area contributed by atoms with E-state index in [0.29, 0.717) is 18.0 Å². The normalized spacial score (nSPS) is 29.0. The second kappa shape index (κ2) is 7.87. The lowest BCUT2D eigenvalue weighted by molar-refractivity contribution is -0.133. The van der Waals surface area contributed by atoms with Crippen molar-refractivity contribution in [2.75, 3.05) is 13.1 Å². The Morgan fingerprint density at radius 3 is 2.82 bits per heavy atom. The highest BCUT2D eigenvalue weighted by atomic mass is 32.2. The number of thioether (sulfide) groups is 1. The lowest BCUT2D eigenvalue weighted by Crippen LogP contribution is -2.58. The van der Waals surface area contributed by atoms with E-state index in [-0.39, 0.29) is 11.8 Å². The highest BCUT2D eigenvalue weighted by Crippen LogP contribution is 2.37. The summed E-state index contributed by atoms with van der Waals surface area (Å²) in [5.74, 6) is 1.82. The number of nitrogens with zero attached hydrogens (tertiary/aromatic N) is 4. The molecule has 6 nitrogen and oxygen atoms in total. The van der Waals surface area contributed by atoms with E-state index in [1.165, 1.54) is 4.90 Å². The minimum Gasteiger partial charge on any atom is -0.353 e. The van der Waals surface area contributed by atoms with Gasteiger partial charge in [-0.05, 0) is 50.3 Å². The molecule has 1 amide bonds. The maximum atomic E-state index is 12.5. The van der Waals surface area contributed by atoms with E-state index >= 15 is 0 Å². The number of nitrogens with one attached hydrogen (secondary N) is 1. The van der Waals surface area contributed by atoms with E-state index in [2.05, 4.69) is 51.0 Å². The number of benzene rings is 1. The van der Waals surface area contributed by atoms with Gasteiger partial charge < -0.3 is 5.32 Å². The van der Waals surface area contributed by atoms with Gasteiger partial charge in [0.2, 0.25) is 5.91 Å². The number of hydrogen-bond donors (Lipinski definition) is 1. The smallest absolute Gasteiger partial charge is 0.224 e. The van der Waals surface area contributed by atoms with Crippen LogP contribution >= 0.6 is 11.8 Å². The van der Waals surface area contributed by atoms with Crippen molar-refractivity contribution in [3.8, 4) is 0 Å². The Kier molecular flexibility index (Phi) is 5.11. The van der Waals surface area contributed by atoms with Crippen LogP contribution in [0.3, 0.4) is 0 Å². The third-order valence-corrected chi connectivity index (χ3v) is 7.30. The van der Waals surface area contributed by atoms with Crippen molar-refractivity contribution in [1.29, 1.82) is 0 Å². The number of carbonyl (C=O) groups excluding carboxylic acids is 1. The fourth-order valence-corrected chi connectivity index (χ4v) is 5.34. The lowest BCUT2D eigenvalue weighted by atomic mass is 9.75. The molecule has 6 rings (SSSR count). The molecule has 28 heavy (non-hydrogen) atoms. The molecule has 1 saturated carbocycles. The van der Waals surface area contributed by atoms with Gasteiger partial charge in [-0.1, -0.05) is 23.4 Å². The molecule has 1 N–H and O–H groups in total. The molecule has 3 saturated heterocycles. The molecule has 4 heterocycles. The van der Waals surface area contributed by atoms with E-state index < -0.39 is 0 Å². The zero-order valence-corrected chi connectivity index (χ0v) is 16.9. The third kappa shape index (κ3) is 4.10. The van der Waals surface area contributed by atoms with Gasteiger partial charge in [0.05, 0.1) is 18.2 Å². The first kappa shape index (κ1) is 18.2. The van der Waals surface area contributed by atoms with Gasteiger partial charge in [-0.25, -0.2) is 0 Å². The first-order chi connectivity index (χ1) is 13.7. The van der Waals surface area contributed by atoms with Crippen molar-refractivity contribution in [2.24, 2.45) is 11.8 Å². The molecule has 4 atom stereocenters. The molecule has 0 spiro atoms. The zero-order valence-electron chi connectivity index (χ0n) is 16.0. The maximum absolute atomic E-state index is 12.5. The van der Waals surface area contributed by atoms with Crippen molar-refractivity contribution in [3.63, 3.8) is 0 Å². The predicted octanol–water partition coefficient (Wildman–Crippen LogP) is 2.56. The summed E-state index contributed by atoms with van der Waals surface area (Å²) >= 11 is 1.79. The van der Waals surface area contributed by atoms with Gasteiger partial charge in [0.15, 0.2) is 0 Å². The molecule has 1 aromatic carbocycles. The Balaban J connectivity index is 1.15. The highest BCUT2D eigenvalue weighted by molar-refractivity contribution is 7.98. The molecular weight excluding hydrogens is 370 g/mol. The molecule has 0 radical (unpaired) electrons. The van der Waals surface area contributed by atoms with E-state index in [1.807, 2.05) is 10.7 Å². The molecular formula is C21H27N5OS. The summed E-state index contributed by atoms with van der Waals surface area (Å²) < 4.78 is 1.99. The zero-order chi connectivity index (χ0) is 18.9. The predicted molar refractivity (Wildman–Crippen MR) is 109 cm³/mol. The molecule has 1 unspecified atom stereocenters. The van der Waals surface area contributed by atoms with E-state index in [1.54, 1.807) is 11.8 Å². The van der Waals surface area contributed by atoms with E-state index in [4.69, 9.17) is 0 Å². The second-order valence-electron chi connectivity index (χ2n) is 8.36. The Morgan fingerprint density at radius 1 is 1.21 bits per heavy atom. The summed E-state index contributed by atoms with van der Waals surface area (Å²) in [6, 6.07) is 11.3. The fourth-order valence-electron chi connectivity index (χ4n) is 4.54. The van der Waals surface area contributed by atoms with Crippen molar-refractivity contribution < 1.29 is 4.79 Å². The summed E-state index contributed by atoms with van der Waals surface area (Å²) in [4.78, 5) is 16.3. The van der Waals surface area contributed by atoms with Gasteiger partial charge in [-0.3, -0.25) is 14.4 Å². The van der Waals surface area contributed by atoms with Crippen molar-refractivity contribution in [2.45, 2.75) is 55.0 Å². The van der Waals surface area contributed by atoms with Crippen LogP contribution in [0.5, 0.6) is 0 Å². The summed E-state index contributed by atoms with van der Waals surface area (Å²) in [7, 11) is 0. The van der Waals surface area contributed by atoms with Crippen LogP contribution in [0.1, 0.15) is 31.4 Å². The van der Waals surface area contributed by atoms with Gasteiger partial charge in [-0.2, -0.15) is 0 Å². The van der Waals surface area contributed by atoms with Crippen LogP contribution in [-0.4, -0.2) is 51.0 Å². The summed E-state index contributed by atoms with van der Waals surface area (Å²) in [6.45, 7) is 2.88. The van der Waals surface area contributed by atoms with Crippen LogP contribution in [0, 0.1) is 11.8 Å². The molecule has 1 aliphatic carbocycles. The van der Waals surface area contributed by atoms with Crippen LogP contribution < -0.4 is 5.32 Å². The van der Waals surface area contributed by atoms with Gasteiger partial charge in [-0.15, -0.1) is 16.9 Å². The summed E-state index contributed by atoms with van der Waals surface area (Å²) in [5.41, 5.74) is 1.02. The Labute approximate surface area is 170 Å². The van der Waals surface area contributed by atoms with Gasteiger partial charge >= 0.3 is 0 Å². The number of fused-ring (bicyclic) bond motifs is 3. The van der Waals surface area contributed by atoms with Crippen LogP contribution in [0.4, 0.5) is 0 Å². The molecule has 148 valence electrons. The van der Waals surface area contributed by atoms with Crippen molar-refractivity contribution in [1.82, 2.24) is 25.2 Å². The Morgan fingerprint density at radius 2 is 2.07 bits per heavy atom. The standard InChI is InChI=1S/C21H27N5OS/c27-21(22-16-6-7-16)20-13-25-9-8-15(20)10-18(25)12-26-11-17(23-24-26)14-28-19-4-2-1-3-5-19/h1-5,11,15-16,18,20H,6-10,12-14H2,(H,22,27)/t15-,18-,20+/m1/s1. The molecule has 2 aromatic rings. The minimum absolute atomic E-state index is 0.180. The number of rotatable bonds is 7. The first-order valence-corrected chi connectivity index (χ1v) is 11.3. The number of aromatic nitrogens is 3. The molecule has 2 bridgehead atoms. The average molecular weight is 398 g/mol. The Hall–Kier alpha value is -1.86. The minimum atomic E-state index is 0.180. The lowest BCUT2D eigenvalue weighted by Gasteiger charge is -2.49. The summed E-state index contributed by atoms with van der Waals surface area (Å²) in [5, 5.41) is 11.9. The third-order valence-electron chi connectivity index (χ3n) is 6.25. The number of amides is 1. The fraction of sp³-hybridized carbons (Fsp3) is 0.571. The molecule has 4 fully saturated rings. The van der Waals surface area contributed by atoms with Gasteiger partial charge in [0.1, 0.15) is 0 Å². The quantitative estimate of drug-likeness (QED) is 0.728. The van der Waals surface area contributed by atoms with Crippen molar-refractivity contribution >= 4 is 17.7 Å². The highest BCUT2D eigenvalue weighted by Gasteiger charge is 2.44. The number of piperidine rings is 3. The van der Waals surface area contributed by atoms with Crippen LogP contribution in [0.2, 0.25) is 0 Å². The van der Waals surface area contributed by atoms with Crippen LogP contribution in [0.15, 0.2) is 41.4 Å². The van der Waals surface area contributed by atoms with Gasteiger partial charge in [0.25, 0.3) is 0 Å². The second-order valence-corrected chi connectivity index (χ2v) is 9.40. The Bertz CT molecular complexity index is 821. The number of carbonyl (C=O) groups is 1. The molecule has 1 aromatic heterocycles. The molecule has 3 aliphatic heterocycles. The maximum Gasteiger partial charge on any atom is 0.224 e. The van der Waals surface area contributed by atoms with E-state index in [9.17, 15) is 4.79 Å². The largest absolute Gasteiger partial charge is 0.353 e. The average Bonchev–Trinajstić information content (AvgIpc) is 3.44.